The second kappa shape index (κ2) is 11.6. The minimum atomic E-state index is -0.447. The Morgan fingerprint density at radius 2 is 1.68 bits per heavy atom. The first-order valence-corrected chi connectivity index (χ1v) is 7.11. The number of hydrogen-bond donors (Lipinski definition) is 3. The van der Waals surface area contributed by atoms with Gasteiger partial charge in [-0.25, -0.2) is 0 Å². The third-order valence-electron chi connectivity index (χ3n) is 3.26. The van der Waals surface area contributed by atoms with Crippen LogP contribution in [0.2, 0.25) is 0 Å². The van der Waals surface area contributed by atoms with E-state index in [9.17, 15) is 5.11 Å². The first-order chi connectivity index (χ1) is 9.06. The third kappa shape index (κ3) is 8.52. The van der Waals surface area contributed by atoms with Gasteiger partial charge in [-0.1, -0.05) is 6.92 Å². The molecular formula is C13H32N4O2. The van der Waals surface area contributed by atoms with Gasteiger partial charge in [0, 0.05) is 38.8 Å². The van der Waals surface area contributed by atoms with E-state index in [2.05, 4.69) is 11.8 Å². The van der Waals surface area contributed by atoms with Crippen LogP contribution in [0.1, 0.15) is 13.3 Å². The van der Waals surface area contributed by atoms with Crippen molar-refractivity contribution in [3.05, 3.63) is 0 Å². The summed E-state index contributed by atoms with van der Waals surface area (Å²) >= 11 is 0. The highest BCUT2D eigenvalue weighted by molar-refractivity contribution is 4.73. The molecule has 0 saturated carbocycles. The van der Waals surface area contributed by atoms with Crippen molar-refractivity contribution in [3.8, 4) is 0 Å². The molecule has 6 heteroatoms. The predicted molar refractivity (Wildman–Crippen MR) is 79.1 cm³/mol. The summed E-state index contributed by atoms with van der Waals surface area (Å²) in [5.41, 5.74) is 11.1. The zero-order valence-electron chi connectivity index (χ0n) is 12.7. The lowest BCUT2D eigenvalue weighted by Crippen LogP contribution is -2.42. The van der Waals surface area contributed by atoms with E-state index in [1.807, 2.05) is 19.0 Å². The molecule has 0 aromatic carbocycles. The Labute approximate surface area is 117 Å². The average Bonchev–Trinajstić information content (AvgIpc) is 2.35. The number of aliphatic hydroxyl groups excluding tert-OH is 1. The molecule has 0 aromatic heterocycles. The van der Waals surface area contributed by atoms with Crippen LogP contribution in [0.15, 0.2) is 0 Å². The van der Waals surface area contributed by atoms with Crippen LogP contribution in [-0.2, 0) is 4.74 Å². The zero-order valence-corrected chi connectivity index (χ0v) is 12.7. The number of likely N-dealkylation sites (N-methyl/N-ethyl adjacent to an activating group) is 1. The molecule has 0 aromatic rings. The highest BCUT2D eigenvalue weighted by Crippen LogP contribution is 2.05. The molecule has 0 aliphatic rings. The zero-order chi connectivity index (χ0) is 14.7. The Kier molecular flexibility index (Phi) is 11.4. The van der Waals surface area contributed by atoms with Crippen LogP contribution < -0.4 is 11.5 Å². The van der Waals surface area contributed by atoms with E-state index in [0.29, 0.717) is 26.3 Å². The van der Waals surface area contributed by atoms with Gasteiger partial charge in [0.05, 0.1) is 19.3 Å². The van der Waals surface area contributed by atoms with Crippen LogP contribution in [0.25, 0.3) is 0 Å². The Hall–Kier alpha value is -0.240. The summed E-state index contributed by atoms with van der Waals surface area (Å²) in [6, 6.07) is 0.143. The SMILES string of the molecule is CCC(C(O)COCCN(CCN)CCN)N(C)C. The summed E-state index contributed by atoms with van der Waals surface area (Å²) in [7, 11) is 3.95. The van der Waals surface area contributed by atoms with Crippen LogP contribution >= 0.6 is 0 Å². The molecule has 116 valence electrons. The van der Waals surface area contributed by atoms with Gasteiger partial charge in [-0.3, -0.25) is 4.90 Å². The van der Waals surface area contributed by atoms with E-state index in [1.54, 1.807) is 0 Å². The van der Waals surface area contributed by atoms with Gasteiger partial charge in [-0.05, 0) is 20.5 Å². The van der Waals surface area contributed by atoms with Crippen molar-refractivity contribution in [2.24, 2.45) is 11.5 Å². The molecule has 5 N–H and O–H groups in total. The van der Waals surface area contributed by atoms with Gasteiger partial charge in [-0.15, -0.1) is 0 Å². The summed E-state index contributed by atoms with van der Waals surface area (Å²) in [4.78, 5) is 4.21. The Balaban J connectivity index is 3.82. The van der Waals surface area contributed by atoms with Gasteiger partial charge in [0.1, 0.15) is 0 Å². The summed E-state index contributed by atoms with van der Waals surface area (Å²) < 4.78 is 5.55. The molecule has 0 bridgehead atoms. The molecule has 0 heterocycles. The molecule has 0 amide bonds. The molecule has 0 fully saturated rings. The van der Waals surface area contributed by atoms with Crippen molar-refractivity contribution < 1.29 is 9.84 Å². The molecule has 2 unspecified atom stereocenters. The van der Waals surface area contributed by atoms with E-state index in [0.717, 1.165) is 26.1 Å². The van der Waals surface area contributed by atoms with Crippen molar-refractivity contribution in [1.29, 1.82) is 0 Å². The predicted octanol–water partition coefficient (Wildman–Crippen LogP) is -1.08. The lowest BCUT2D eigenvalue weighted by atomic mass is 10.1. The normalized spacial score (nSPS) is 15.2. The minimum absolute atomic E-state index is 0.143. The molecule has 6 nitrogen and oxygen atoms in total. The van der Waals surface area contributed by atoms with Gasteiger partial charge >= 0.3 is 0 Å². The number of nitrogens with zero attached hydrogens (tertiary/aromatic N) is 2. The minimum Gasteiger partial charge on any atom is -0.389 e. The molecule has 0 aliphatic heterocycles. The monoisotopic (exact) mass is 276 g/mol. The lowest BCUT2D eigenvalue weighted by Gasteiger charge is -2.28. The van der Waals surface area contributed by atoms with Crippen LogP contribution in [-0.4, -0.2) is 87.1 Å². The smallest absolute Gasteiger partial charge is 0.0928 e. The summed E-state index contributed by atoms with van der Waals surface area (Å²) in [5.74, 6) is 0. The van der Waals surface area contributed by atoms with Crippen molar-refractivity contribution in [2.45, 2.75) is 25.5 Å². The maximum absolute atomic E-state index is 10.0. The molecule has 0 saturated heterocycles. The quantitative estimate of drug-likeness (QED) is 0.393. The second-order valence-corrected chi connectivity index (χ2v) is 5.00. The van der Waals surface area contributed by atoms with Crippen molar-refractivity contribution in [1.82, 2.24) is 9.80 Å². The van der Waals surface area contributed by atoms with E-state index in [-0.39, 0.29) is 6.04 Å². The fraction of sp³-hybridized carbons (Fsp3) is 1.00. The molecule has 0 spiro atoms. The fourth-order valence-electron chi connectivity index (χ4n) is 2.19. The molecular weight excluding hydrogens is 244 g/mol. The van der Waals surface area contributed by atoms with E-state index in [4.69, 9.17) is 16.2 Å². The number of hydrogen-bond acceptors (Lipinski definition) is 6. The highest BCUT2D eigenvalue weighted by atomic mass is 16.5. The van der Waals surface area contributed by atoms with Crippen LogP contribution in [0, 0.1) is 0 Å². The van der Waals surface area contributed by atoms with Crippen molar-refractivity contribution in [2.75, 3.05) is 60.0 Å². The molecule has 0 radical (unpaired) electrons. The van der Waals surface area contributed by atoms with Gasteiger partial charge < -0.3 is 26.2 Å². The van der Waals surface area contributed by atoms with Crippen LogP contribution in [0.4, 0.5) is 0 Å². The van der Waals surface area contributed by atoms with E-state index >= 15 is 0 Å². The average molecular weight is 276 g/mol. The Bertz CT molecular complexity index is 199. The van der Waals surface area contributed by atoms with Crippen molar-refractivity contribution >= 4 is 0 Å². The highest BCUT2D eigenvalue weighted by Gasteiger charge is 2.19. The van der Waals surface area contributed by atoms with E-state index in [1.165, 1.54) is 0 Å². The van der Waals surface area contributed by atoms with Gasteiger partial charge in [0.2, 0.25) is 0 Å². The molecule has 0 rings (SSSR count). The molecule has 0 aliphatic carbocycles. The van der Waals surface area contributed by atoms with Gasteiger partial charge in [-0.2, -0.15) is 0 Å². The van der Waals surface area contributed by atoms with Crippen molar-refractivity contribution in [3.63, 3.8) is 0 Å². The van der Waals surface area contributed by atoms with E-state index < -0.39 is 6.10 Å². The largest absolute Gasteiger partial charge is 0.389 e. The maximum Gasteiger partial charge on any atom is 0.0928 e. The summed E-state index contributed by atoms with van der Waals surface area (Å²) in [6.45, 7) is 6.76. The standard InChI is InChI=1S/C13H32N4O2/c1-4-12(16(2)3)13(18)11-19-10-9-17(7-5-14)8-6-15/h12-13,18H,4-11,14-15H2,1-3H3. The fourth-order valence-corrected chi connectivity index (χ4v) is 2.19. The Morgan fingerprint density at radius 3 is 2.11 bits per heavy atom. The van der Waals surface area contributed by atoms with Crippen LogP contribution in [0.5, 0.6) is 0 Å². The van der Waals surface area contributed by atoms with Gasteiger partial charge in [0.25, 0.3) is 0 Å². The third-order valence-corrected chi connectivity index (χ3v) is 3.26. The number of rotatable bonds is 12. The second-order valence-electron chi connectivity index (χ2n) is 5.00. The summed E-state index contributed by atoms with van der Waals surface area (Å²) in [5, 5.41) is 10.0. The lowest BCUT2D eigenvalue weighted by molar-refractivity contribution is -0.0118. The molecule has 2 atom stereocenters. The first-order valence-electron chi connectivity index (χ1n) is 7.11. The number of aliphatic hydroxyl groups is 1. The topological polar surface area (TPSA) is 88.0 Å². The summed E-state index contributed by atoms with van der Waals surface area (Å²) in [6.07, 6.45) is 0.460. The van der Waals surface area contributed by atoms with Gasteiger partial charge in [0.15, 0.2) is 0 Å². The number of ether oxygens (including phenoxy) is 1. The first kappa shape index (κ1) is 18.8. The number of nitrogens with two attached hydrogens (primary N) is 2. The maximum atomic E-state index is 10.0. The van der Waals surface area contributed by atoms with Crippen LogP contribution in [0.3, 0.4) is 0 Å². The Morgan fingerprint density at radius 1 is 1.11 bits per heavy atom. The molecule has 19 heavy (non-hydrogen) atoms.